The Hall–Kier alpha value is -3.47. The average molecular weight is 568 g/mol. The molecule has 0 spiro atoms. The van der Waals surface area contributed by atoms with Gasteiger partial charge in [0.15, 0.2) is 5.16 Å². The van der Waals surface area contributed by atoms with E-state index in [0.29, 0.717) is 26.6 Å². The van der Waals surface area contributed by atoms with Crippen molar-refractivity contribution in [3.63, 3.8) is 0 Å². The maximum Gasteiger partial charge on any atom is 0.244 e. The van der Waals surface area contributed by atoms with E-state index in [2.05, 4.69) is 20.3 Å². The van der Waals surface area contributed by atoms with Gasteiger partial charge in [-0.1, -0.05) is 35.5 Å². The minimum atomic E-state index is -0.314. The lowest BCUT2D eigenvalue weighted by Crippen LogP contribution is -2.38. The van der Waals surface area contributed by atoms with Crippen LogP contribution in [0.25, 0.3) is 11.3 Å². The third kappa shape index (κ3) is 7.77. The Morgan fingerprint density at radius 3 is 2.37 bits per heavy atom. The van der Waals surface area contributed by atoms with Crippen LogP contribution in [0.3, 0.4) is 0 Å². The summed E-state index contributed by atoms with van der Waals surface area (Å²) < 4.78 is 5.16. The number of rotatable bonds is 10. The molecule has 38 heavy (non-hydrogen) atoms. The maximum atomic E-state index is 13.3. The van der Waals surface area contributed by atoms with Gasteiger partial charge < -0.3 is 15.0 Å². The number of ether oxygens (including phenoxy) is 1. The first-order chi connectivity index (χ1) is 18.3. The zero-order valence-corrected chi connectivity index (χ0v) is 23.5. The SMILES string of the molecule is COc1ccc(NC(=O)CN(Cc2nc(-c3ccc(Cl)cc3)cs2)C(=O)CSc2nc(C)cc(C)n2)cc1. The first kappa shape index (κ1) is 27.6. The summed E-state index contributed by atoms with van der Waals surface area (Å²) in [6.45, 7) is 3.84. The van der Waals surface area contributed by atoms with Gasteiger partial charge in [0, 0.05) is 33.0 Å². The van der Waals surface area contributed by atoms with Gasteiger partial charge in [-0.2, -0.15) is 0 Å². The van der Waals surface area contributed by atoms with E-state index >= 15 is 0 Å². The maximum absolute atomic E-state index is 13.3. The van der Waals surface area contributed by atoms with Gasteiger partial charge in [-0.15, -0.1) is 11.3 Å². The van der Waals surface area contributed by atoms with Crippen LogP contribution >= 0.6 is 34.7 Å². The molecule has 4 aromatic rings. The number of carbonyl (C=O) groups excluding carboxylic acids is 2. The standard InChI is InChI=1S/C27H26ClN5O3S2/c1-17-12-18(2)30-27(29-17)38-16-26(35)33(13-24(34)31-21-8-10-22(36-3)11-9-21)14-25-32-23(15-37-25)19-4-6-20(28)7-5-19/h4-12,15H,13-14,16H2,1-3H3,(H,31,34). The average Bonchev–Trinajstić information content (AvgIpc) is 3.35. The van der Waals surface area contributed by atoms with E-state index in [0.717, 1.165) is 22.6 Å². The van der Waals surface area contributed by atoms with Crippen molar-refractivity contribution < 1.29 is 14.3 Å². The van der Waals surface area contributed by atoms with Crippen molar-refractivity contribution >= 4 is 52.2 Å². The Bertz CT molecular complexity index is 1390. The molecule has 0 saturated heterocycles. The van der Waals surface area contributed by atoms with Crippen LogP contribution in [0.5, 0.6) is 5.75 Å². The van der Waals surface area contributed by atoms with E-state index in [1.165, 1.54) is 28.0 Å². The van der Waals surface area contributed by atoms with Gasteiger partial charge in [0.05, 0.1) is 25.1 Å². The van der Waals surface area contributed by atoms with Gasteiger partial charge in [-0.25, -0.2) is 15.0 Å². The zero-order valence-electron chi connectivity index (χ0n) is 21.1. The van der Waals surface area contributed by atoms with Crippen molar-refractivity contribution in [2.24, 2.45) is 0 Å². The van der Waals surface area contributed by atoms with E-state index in [4.69, 9.17) is 16.3 Å². The van der Waals surface area contributed by atoms with E-state index in [-0.39, 0.29) is 30.7 Å². The molecular weight excluding hydrogens is 542 g/mol. The summed E-state index contributed by atoms with van der Waals surface area (Å²) in [6, 6.07) is 16.3. The number of methoxy groups -OCH3 is 1. The van der Waals surface area contributed by atoms with E-state index in [1.54, 1.807) is 31.4 Å². The highest BCUT2D eigenvalue weighted by molar-refractivity contribution is 7.99. The minimum absolute atomic E-state index is 0.0914. The third-order valence-electron chi connectivity index (χ3n) is 5.37. The largest absolute Gasteiger partial charge is 0.497 e. The van der Waals surface area contributed by atoms with Crippen LogP contribution in [-0.4, -0.2) is 51.1 Å². The summed E-state index contributed by atoms with van der Waals surface area (Å²) in [6.07, 6.45) is 0. The smallest absolute Gasteiger partial charge is 0.244 e. The van der Waals surface area contributed by atoms with Crippen LogP contribution < -0.4 is 10.1 Å². The number of hydrogen-bond acceptors (Lipinski definition) is 8. The molecule has 1 N–H and O–H groups in total. The van der Waals surface area contributed by atoms with Crippen LogP contribution in [0.1, 0.15) is 16.4 Å². The van der Waals surface area contributed by atoms with E-state index in [9.17, 15) is 9.59 Å². The number of thioether (sulfide) groups is 1. The Kier molecular flexibility index (Phi) is 9.33. The monoisotopic (exact) mass is 567 g/mol. The molecule has 2 heterocycles. The first-order valence-corrected chi connectivity index (χ1v) is 13.9. The topological polar surface area (TPSA) is 97.3 Å². The quantitative estimate of drug-likeness (QED) is 0.196. The van der Waals surface area contributed by atoms with E-state index < -0.39 is 0 Å². The molecular formula is C27H26ClN5O3S2. The number of nitrogens with one attached hydrogen (secondary N) is 1. The number of aromatic nitrogens is 3. The molecule has 11 heteroatoms. The third-order valence-corrected chi connectivity index (χ3v) is 7.28. The highest BCUT2D eigenvalue weighted by atomic mass is 35.5. The van der Waals surface area contributed by atoms with Crippen LogP contribution in [0.4, 0.5) is 5.69 Å². The molecule has 2 amide bonds. The first-order valence-electron chi connectivity index (χ1n) is 11.7. The molecule has 0 unspecified atom stereocenters. The van der Waals surface area contributed by atoms with Crippen LogP contribution in [0.15, 0.2) is 65.1 Å². The summed E-state index contributed by atoms with van der Waals surface area (Å²) in [7, 11) is 1.58. The number of amides is 2. The summed E-state index contributed by atoms with van der Waals surface area (Å²) in [5.74, 6) is 0.246. The van der Waals surface area contributed by atoms with Gasteiger partial charge in [-0.05, 0) is 56.3 Å². The lowest BCUT2D eigenvalue weighted by Gasteiger charge is -2.21. The van der Waals surface area contributed by atoms with Crippen LogP contribution in [0, 0.1) is 13.8 Å². The summed E-state index contributed by atoms with van der Waals surface area (Å²) in [5.41, 5.74) is 3.99. The zero-order chi connectivity index (χ0) is 27.1. The van der Waals surface area contributed by atoms with Crippen molar-refractivity contribution in [1.29, 1.82) is 0 Å². The summed E-state index contributed by atoms with van der Waals surface area (Å²) >= 11 is 8.68. The number of anilines is 1. The Morgan fingerprint density at radius 1 is 1.03 bits per heavy atom. The van der Waals surface area contributed by atoms with Gasteiger partial charge in [-0.3, -0.25) is 9.59 Å². The molecule has 0 aliphatic carbocycles. The second kappa shape index (κ2) is 12.9. The van der Waals surface area contributed by atoms with E-state index in [1.807, 2.05) is 49.6 Å². The molecule has 0 fully saturated rings. The van der Waals surface area contributed by atoms with Crippen molar-refractivity contribution in [2.45, 2.75) is 25.5 Å². The normalized spacial score (nSPS) is 10.7. The Morgan fingerprint density at radius 2 is 1.71 bits per heavy atom. The van der Waals surface area contributed by atoms with Crippen LogP contribution in [-0.2, 0) is 16.1 Å². The summed E-state index contributed by atoms with van der Waals surface area (Å²) in [5, 5.41) is 6.66. The lowest BCUT2D eigenvalue weighted by molar-refractivity contribution is -0.132. The number of thiazole rings is 1. The van der Waals surface area contributed by atoms with Gasteiger partial charge in [0.2, 0.25) is 11.8 Å². The number of hydrogen-bond donors (Lipinski definition) is 1. The van der Waals surface area contributed by atoms with Gasteiger partial charge in [0.1, 0.15) is 17.3 Å². The van der Waals surface area contributed by atoms with Crippen molar-refractivity contribution in [3.05, 3.63) is 81.4 Å². The Labute approximate surface area is 234 Å². The highest BCUT2D eigenvalue weighted by Gasteiger charge is 2.20. The molecule has 4 rings (SSSR count). The highest BCUT2D eigenvalue weighted by Crippen LogP contribution is 2.25. The van der Waals surface area contributed by atoms with Gasteiger partial charge in [0.25, 0.3) is 0 Å². The second-order valence-corrected chi connectivity index (χ2v) is 10.7. The molecule has 0 radical (unpaired) electrons. The predicted molar refractivity (Wildman–Crippen MR) is 152 cm³/mol. The molecule has 0 saturated carbocycles. The number of carbonyl (C=O) groups is 2. The fourth-order valence-electron chi connectivity index (χ4n) is 3.56. The minimum Gasteiger partial charge on any atom is -0.497 e. The molecule has 0 aliphatic heterocycles. The molecule has 0 aliphatic rings. The van der Waals surface area contributed by atoms with Gasteiger partial charge >= 0.3 is 0 Å². The Balaban J connectivity index is 1.48. The van der Waals surface area contributed by atoms with Crippen molar-refractivity contribution in [3.8, 4) is 17.0 Å². The molecule has 2 aromatic carbocycles. The summed E-state index contributed by atoms with van der Waals surface area (Å²) in [4.78, 5) is 41.2. The lowest BCUT2D eigenvalue weighted by atomic mass is 10.2. The fraction of sp³-hybridized carbons (Fsp3) is 0.222. The number of nitrogens with zero attached hydrogens (tertiary/aromatic N) is 4. The van der Waals surface area contributed by atoms with Crippen molar-refractivity contribution in [1.82, 2.24) is 19.9 Å². The predicted octanol–water partition coefficient (Wildman–Crippen LogP) is 5.64. The number of benzene rings is 2. The molecule has 8 nitrogen and oxygen atoms in total. The molecule has 0 atom stereocenters. The number of aryl methyl sites for hydroxylation is 2. The molecule has 0 bridgehead atoms. The number of halogens is 1. The second-order valence-electron chi connectivity index (χ2n) is 8.38. The molecule has 196 valence electrons. The van der Waals surface area contributed by atoms with Crippen LogP contribution in [0.2, 0.25) is 5.02 Å². The fourth-order valence-corrected chi connectivity index (χ4v) is 5.35. The molecule has 2 aromatic heterocycles. The van der Waals surface area contributed by atoms with Crippen molar-refractivity contribution in [2.75, 3.05) is 24.7 Å².